The van der Waals surface area contributed by atoms with Crippen LogP contribution in [0.1, 0.15) is 26.2 Å². The number of ether oxygens (including phenoxy) is 1. The van der Waals surface area contributed by atoms with Crippen molar-refractivity contribution in [1.29, 1.82) is 0 Å². The largest absolute Gasteiger partial charge is 0.466 e. The van der Waals surface area contributed by atoms with Crippen molar-refractivity contribution in [3.05, 3.63) is 0 Å². The van der Waals surface area contributed by atoms with Crippen LogP contribution in [0.25, 0.3) is 0 Å². The minimum absolute atomic E-state index is 0.0445. The van der Waals surface area contributed by atoms with Crippen molar-refractivity contribution in [1.82, 2.24) is 0 Å². The Morgan fingerprint density at radius 3 is 2.73 bits per heavy atom. The molecule has 0 amide bonds. The number of carbonyl (C=O) groups is 1. The molecule has 0 unspecified atom stereocenters. The van der Waals surface area contributed by atoms with Crippen LogP contribution in [0.15, 0.2) is 0 Å². The summed E-state index contributed by atoms with van der Waals surface area (Å²) in [5, 5.41) is 0. The molecule has 0 aliphatic heterocycles. The Hall–Kier alpha value is -0.0500. The van der Waals surface area contributed by atoms with Gasteiger partial charge in [-0.05, 0) is 25.7 Å². The monoisotopic (exact) mass is 220 g/mol. The second kappa shape index (κ2) is 4.10. The van der Waals surface area contributed by atoms with Crippen LogP contribution in [0.2, 0.25) is 0 Å². The molecule has 0 atom stereocenters. The van der Waals surface area contributed by atoms with Crippen LogP contribution in [0.3, 0.4) is 0 Å². The quantitative estimate of drug-likeness (QED) is 0.539. The fourth-order valence-electron chi connectivity index (χ4n) is 1.28. The van der Waals surface area contributed by atoms with Gasteiger partial charge in [0, 0.05) is 11.2 Å². The Labute approximate surface area is 75.4 Å². The van der Waals surface area contributed by atoms with Gasteiger partial charge in [0.15, 0.2) is 0 Å². The molecule has 0 aromatic heterocycles. The summed E-state index contributed by atoms with van der Waals surface area (Å²) in [6.45, 7) is 2.34. The number of rotatable bonds is 3. The maximum atomic E-state index is 10.9. The van der Waals surface area contributed by atoms with Gasteiger partial charge < -0.3 is 4.74 Å². The van der Waals surface area contributed by atoms with Gasteiger partial charge in [-0.2, -0.15) is 0 Å². The molecule has 1 saturated carbocycles. The molecule has 0 spiro atoms. The SMILES string of the molecule is CCOC(=O)CC1CC(Br)C1. The Balaban J connectivity index is 2.07. The third-order valence-electron chi connectivity index (χ3n) is 1.94. The summed E-state index contributed by atoms with van der Waals surface area (Å²) in [7, 11) is 0. The second-order valence-corrected chi connectivity index (χ2v) is 4.24. The number of halogens is 1. The maximum absolute atomic E-state index is 10.9. The van der Waals surface area contributed by atoms with Gasteiger partial charge in [0.2, 0.25) is 0 Å². The molecule has 0 N–H and O–H groups in total. The van der Waals surface area contributed by atoms with Crippen LogP contribution in [0, 0.1) is 5.92 Å². The van der Waals surface area contributed by atoms with Crippen molar-refractivity contribution in [3.8, 4) is 0 Å². The predicted molar refractivity (Wildman–Crippen MR) is 46.7 cm³/mol. The molecule has 0 heterocycles. The number of esters is 1. The topological polar surface area (TPSA) is 26.3 Å². The summed E-state index contributed by atoms with van der Waals surface area (Å²) in [6.07, 6.45) is 2.85. The Morgan fingerprint density at radius 1 is 1.64 bits per heavy atom. The molecule has 0 radical (unpaired) electrons. The molecule has 1 aliphatic rings. The van der Waals surface area contributed by atoms with Gasteiger partial charge in [-0.3, -0.25) is 4.79 Å². The molecule has 3 heteroatoms. The highest BCUT2D eigenvalue weighted by atomic mass is 79.9. The van der Waals surface area contributed by atoms with Crippen LogP contribution in [0.4, 0.5) is 0 Å². The summed E-state index contributed by atoms with van der Waals surface area (Å²) in [5.41, 5.74) is 0. The van der Waals surface area contributed by atoms with Gasteiger partial charge in [-0.1, -0.05) is 15.9 Å². The third-order valence-corrected chi connectivity index (χ3v) is 2.69. The van der Waals surface area contributed by atoms with Crippen LogP contribution in [0.5, 0.6) is 0 Å². The molecular formula is C8H13BrO2. The van der Waals surface area contributed by atoms with Gasteiger partial charge in [-0.25, -0.2) is 0 Å². The standard InChI is InChI=1S/C8H13BrO2/c1-2-11-8(10)5-6-3-7(9)4-6/h6-7H,2-5H2,1H3. The number of carbonyl (C=O) groups excluding carboxylic acids is 1. The second-order valence-electron chi connectivity index (χ2n) is 2.94. The maximum Gasteiger partial charge on any atom is 0.306 e. The van der Waals surface area contributed by atoms with Gasteiger partial charge in [-0.15, -0.1) is 0 Å². The van der Waals surface area contributed by atoms with Gasteiger partial charge >= 0.3 is 5.97 Å². The van der Waals surface area contributed by atoms with Crippen molar-refractivity contribution in [2.24, 2.45) is 5.92 Å². The molecule has 1 fully saturated rings. The van der Waals surface area contributed by atoms with Gasteiger partial charge in [0.05, 0.1) is 6.61 Å². The van der Waals surface area contributed by atoms with Crippen molar-refractivity contribution >= 4 is 21.9 Å². The van der Waals surface area contributed by atoms with Crippen molar-refractivity contribution in [3.63, 3.8) is 0 Å². The molecule has 0 bridgehead atoms. The highest BCUT2D eigenvalue weighted by molar-refractivity contribution is 9.09. The van der Waals surface area contributed by atoms with E-state index in [9.17, 15) is 4.79 Å². The zero-order chi connectivity index (χ0) is 8.27. The lowest BCUT2D eigenvalue weighted by molar-refractivity contribution is -0.144. The Kier molecular flexibility index (Phi) is 3.37. The first kappa shape index (κ1) is 9.04. The van der Waals surface area contributed by atoms with Crippen LogP contribution < -0.4 is 0 Å². The molecule has 2 nitrogen and oxygen atoms in total. The first-order valence-electron chi connectivity index (χ1n) is 4.02. The highest BCUT2D eigenvalue weighted by Crippen LogP contribution is 2.35. The molecule has 0 aromatic rings. The van der Waals surface area contributed by atoms with E-state index in [0.29, 0.717) is 23.8 Å². The fourth-order valence-corrected chi connectivity index (χ4v) is 2.33. The molecule has 0 aromatic carbocycles. The van der Waals surface area contributed by atoms with E-state index in [1.54, 1.807) is 0 Å². The zero-order valence-electron chi connectivity index (χ0n) is 6.68. The predicted octanol–water partition coefficient (Wildman–Crippen LogP) is 2.11. The average molecular weight is 221 g/mol. The van der Waals surface area contributed by atoms with Crippen molar-refractivity contribution in [2.75, 3.05) is 6.61 Å². The number of hydrogen-bond acceptors (Lipinski definition) is 2. The van der Waals surface area contributed by atoms with E-state index >= 15 is 0 Å². The van der Waals surface area contributed by atoms with E-state index in [1.807, 2.05) is 6.92 Å². The molecule has 1 rings (SSSR count). The van der Waals surface area contributed by atoms with E-state index in [2.05, 4.69) is 15.9 Å². The van der Waals surface area contributed by atoms with Gasteiger partial charge in [0.1, 0.15) is 0 Å². The molecule has 0 saturated heterocycles. The summed E-state index contributed by atoms with van der Waals surface area (Å²) < 4.78 is 4.83. The summed E-state index contributed by atoms with van der Waals surface area (Å²) in [6, 6.07) is 0. The van der Waals surface area contributed by atoms with Crippen molar-refractivity contribution in [2.45, 2.75) is 31.0 Å². The molecule has 1 aliphatic carbocycles. The van der Waals surface area contributed by atoms with E-state index in [0.717, 1.165) is 12.8 Å². The van der Waals surface area contributed by atoms with E-state index in [-0.39, 0.29) is 5.97 Å². The first-order valence-corrected chi connectivity index (χ1v) is 4.93. The Bertz CT molecular complexity index is 141. The van der Waals surface area contributed by atoms with Crippen LogP contribution >= 0.6 is 15.9 Å². The molecule has 64 valence electrons. The van der Waals surface area contributed by atoms with Crippen molar-refractivity contribution < 1.29 is 9.53 Å². The minimum atomic E-state index is -0.0445. The summed E-state index contributed by atoms with van der Waals surface area (Å²) in [4.78, 5) is 11.6. The minimum Gasteiger partial charge on any atom is -0.466 e. The number of hydrogen-bond donors (Lipinski definition) is 0. The highest BCUT2D eigenvalue weighted by Gasteiger charge is 2.28. The number of alkyl halides is 1. The van der Waals surface area contributed by atoms with Gasteiger partial charge in [0.25, 0.3) is 0 Å². The smallest absolute Gasteiger partial charge is 0.306 e. The lowest BCUT2D eigenvalue weighted by Gasteiger charge is -2.30. The van der Waals surface area contributed by atoms with Crippen LogP contribution in [-0.2, 0) is 9.53 Å². The van der Waals surface area contributed by atoms with E-state index in [4.69, 9.17) is 4.74 Å². The average Bonchev–Trinajstić information content (AvgIpc) is 1.85. The summed E-state index contributed by atoms with van der Waals surface area (Å²) in [5.74, 6) is 0.523. The first-order chi connectivity index (χ1) is 5.22. The third kappa shape index (κ3) is 2.81. The lowest BCUT2D eigenvalue weighted by Crippen LogP contribution is -2.26. The van der Waals surface area contributed by atoms with E-state index < -0.39 is 0 Å². The fraction of sp³-hybridized carbons (Fsp3) is 0.875. The summed E-state index contributed by atoms with van der Waals surface area (Å²) >= 11 is 3.48. The van der Waals surface area contributed by atoms with E-state index in [1.165, 1.54) is 0 Å². The van der Waals surface area contributed by atoms with Crippen LogP contribution in [-0.4, -0.2) is 17.4 Å². The molecule has 11 heavy (non-hydrogen) atoms. The lowest BCUT2D eigenvalue weighted by atomic mass is 9.83. The molecular weight excluding hydrogens is 208 g/mol. The zero-order valence-corrected chi connectivity index (χ0v) is 8.26. The Morgan fingerprint density at radius 2 is 2.27 bits per heavy atom. The normalized spacial score (nSPS) is 29.3.